The lowest BCUT2D eigenvalue weighted by molar-refractivity contribution is -0.123. The number of carbonyl (C=O) groups is 2. The molecule has 0 bridgehead atoms. The lowest BCUT2D eigenvalue weighted by Gasteiger charge is -2.14. The summed E-state index contributed by atoms with van der Waals surface area (Å²) in [5.74, 6) is -0.245. The van der Waals surface area contributed by atoms with E-state index in [4.69, 9.17) is 10.5 Å². The second-order valence-corrected chi connectivity index (χ2v) is 5.28. The maximum Gasteiger partial charge on any atom is 0.258 e. The Hall–Kier alpha value is -2.83. The monoisotopic (exact) mass is 316 g/mol. The molecule has 2 amide bonds. The fraction of sp³-hybridized carbons (Fsp3) is 0.312. The minimum atomic E-state index is -0.505. The van der Waals surface area contributed by atoms with E-state index in [-0.39, 0.29) is 18.6 Å². The molecular weight excluding hydrogens is 296 g/mol. The Labute approximate surface area is 134 Å². The van der Waals surface area contributed by atoms with Crippen LogP contribution in [0.15, 0.2) is 30.5 Å². The van der Waals surface area contributed by atoms with Crippen molar-refractivity contribution in [1.29, 1.82) is 0 Å². The lowest BCUT2D eigenvalue weighted by Crippen LogP contribution is -2.31. The molecule has 0 radical (unpaired) electrons. The molecule has 0 aliphatic carbocycles. The van der Waals surface area contributed by atoms with Gasteiger partial charge < -0.3 is 15.8 Å². The van der Waals surface area contributed by atoms with Crippen LogP contribution in [0, 0.1) is 6.92 Å². The molecule has 122 valence electrons. The molecule has 0 aliphatic rings. The topological polar surface area (TPSA) is 99.2 Å². The Morgan fingerprint density at radius 1 is 1.35 bits per heavy atom. The average Bonchev–Trinajstić information content (AvgIpc) is 2.85. The molecule has 0 spiro atoms. The molecule has 1 aromatic heterocycles. The van der Waals surface area contributed by atoms with Crippen LogP contribution in [0.1, 0.15) is 34.6 Å². The summed E-state index contributed by atoms with van der Waals surface area (Å²) < 4.78 is 7.15. The first-order valence-electron chi connectivity index (χ1n) is 7.19. The van der Waals surface area contributed by atoms with E-state index in [1.54, 1.807) is 35.1 Å². The number of rotatable bonds is 6. The van der Waals surface area contributed by atoms with Crippen molar-refractivity contribution in [2.75, 3.05) is 6.61 Å². The molecule has 7 nitrogen and oxygen atoms in total. The van der Waals surface area contributed by atoms with Crippen LogP contribution in [0.3, 0.4) is 0 Å². The van der Waals surface area contributed by atoms with Crippen molar-refractivity contribution in [3.8, 4) is 5.75 Å². The minimum Gasteiger partial charge on any atom is -0.484 e. The number of amides is 2. The van der Waals surface area contributed by atoms with Gasteiger partial charge in [-0.2, -0.15) is 5.10 Å². The number of hydrogen-bond acceptors (Lipinski definition) is 4. The predicted molar refractivity (Wildman–Crippen MR) is 85.0 cm³/mol. The molecule has 23 heavy (non-hydrogen) atoms. The van der Waals surface area contributed by atoms with Crippen molar-refractivity contribution >= 4 is 11.8 Å². The quantitative estimate of drug-likeness (QED) is 0.833. The zero-order valence-electron chi connectivity index (χ0n) is 13.4. The van der Waals surface area contributed by atoms with Gasteiger partial charge in [0.2, 0.25) is 5.91 Å². The highest BCUT2D eigenvalue weighted by Gasteiger charge is 2.14. The number of benzene rings is 1. The van der Waals surface area contributed by atoms with Crippen molar-refractivity contribution in [2.24, 2.45) is 12.8 Å². The molecule has 0 saturated carbocycles. The van der Waals surface area contributed by atoms with Crippen LogP contribution in [0.4, 0.5) is 0 Å². The summed E-state index contributed by atoms with van der Waals surface area (Å²) in [6, 6.07) is 6.15. The molecule has 1 aromatic carbocycles. The maximum absolute atomic E-state index is 12.0. The van der Waals surface area contributed by atoms with Crippen LogP contribution in [0.5, 0.6) is 5.75 Å². The van der Waals surface area contributed by atoms with Gasteiger partial charge in [-0.15, -0.1) is 0 Å². The molecule has 0 fully saturated rings. The van der Waals surface area contributed by atoms with Crippen LogP contribution in [-0.2, 0) is 11.8 Å². The number of nitrogens with two attached hydrogens (primary N) is 1. The first-order chi connectivity index (χ1) is 10.9. The SMILES string of the molecule is Cc1c(C(C)NC(=O)COc2ccc(C(N)=O)cc2)cnn1C. The van der Waals surface area contributed by atoms with Crippen LogP contribution < -0.4 is 15.8 Å². The molecule has 0 saturated heterocycles. The third kappa shape index (κ3) is 4.09. The van der Waals surface area contributed by atoms with Gasteiger partial charge in [-0.25, -0.2) is 0 Å². The van der Waals surface area contributed by atoms with Gasteiger partial charge in [0, 0.05) is 23.9 Å². The molecule has 3 N–H and O–H groups in total. The number of aryl methyl sites for hydroxylation is 1. The van der Waals surface area contributed by atoms with Gasteiger partial charge >= 0.3 is 0 Å². The zero-order chi connectivity index (χ0) is 17.0. The van der Waals surface area contributed by atoms with E-state index in [1.165, 1.54) is 0 Å². The Balaban J connectivity index is 1.87. The smallest absolute Gasteiger partial charge is 0.258 e. The molecule has 1 atom stereocenters. The maximum atomic E-state index is 12.0. The third-order valence-electron chi connectivity index (χ3n) is 3.63. The Morgan fingerprint density at radius 3 is 2.52 bits per heavy atom. The van der Waals surface area contributed by atoms with Crippen LogP contribution in [0.2, 0.25) is 0 Å². The van der Waals surface area contributed by atoms with E-state index >= 15 is 0 Å². The van der Waals surface area contributed by atoms with Crippen molar-refractivity contribution in [1.82, 2.24) is 15.1 Å². The summed E-state index contributed by atoms with van der Waals surface area (Å²) in [4.78, 5) is 22.9. The average molecular weight is 316 g/mol. The van der Waals surface area contributed by atoms with E-state index in [2.05, 4.69) is 10.4 Å². The second kappa shape index (κ2) is 6.95. The van der Waals surface area contributed by atoms with Gasteiger partial charge in [-0.3, -0.25) is 14.3 Å². The lowest BCUT2D eigenvalue weighted by atomic mass is 10.1. The van der Waals surface area contributed by atoms with Gasteiger partial charge in [0.15, 0.2) is 6.61 Å². The van der Waals surface area contributed by atoms with Crippen LogP contribution in [0.25, 0.3) is 0 Å². The van der Waals surface area contributed by atoms with Crippen molar-refractivity contribution in [2.45, 2.75) is 19.9 Å². The van der Waals surface area contributed by atoms with Gasteiger partial charge in [-0.1, -0.05) is 0 Å². The number of nitrogens with zero attached hydrogens (tertiary/aromatic N) is 2. The number of nitrogens with one attached hydrogen (secondary N) is 1. The summed E-state index contributed by atoms with van der Waals surface area (Å²) in [5, 5.41) is 7.02. The predicted octanol–water partition coefficient (Wildman–Crippen LogP) is 1.08. The standard InChI is InChI=1S/C16H20N4O3/c1-10(14-8-18-20(3)11(14)2)19-15(21)9-23-13-6-4-12(5-7-13)16(17)22/h4-8,10H,9H2,1-3H3,(H2,17,22)(H,19,21). The van der Waals surface area contributed by atoms with E-state index in [0.717, 1.165) is 11.3 Å². The zero-order valence-corrected chi connectivity index (χ0v) is 13.4. The molecule has 2 rings (SSSR count). The molecule has 0 aliphatic heterocycles. The number of ether oxygens (including phenoxy) is 1. The fourth-order valence-corrected chi connectivity index (χ4v) is 2.17. The Kier molecular flexibility index (Phi) is 5.00. The number of hydrogen-bond donors (Lipinski definition) is 2. The van der Waals surface area contributed by atoms with Crippen LogP contribution >= 0.6 is 0 Å². The fourth-order valence-electron chi connectivity index (χ4n) is 2.17. The highest BCUT2D eigenvalue weighted by atomic mass is 16.5. The van der Waals surface area contributed by atoms with Crippen molar-refractivity contribution in [3.63, 3.8) is 0 Å². The Bertz CT molecular complexity index is 707. The highest BCUT2D eigenvalue weighted by molar-refractivity contribution is 5.92. The third-order valence-corrected chi connectivity index (χ3v) is 3.63. The summed E-state index contributed by atoms with van der Waals surface area (Å²) >= 11 is 0. The van der Waals surface area contributed by atoms with Crippen molar-refractivity contribution in [3.05, 3.63) is 47.3 Å². The summed E-state index contributed by atoms with van der Waals surface area (Å²) in [7, 11) is 1.85. The molecule has 7 heteroatoms. The van der Waals surface area contributed by atoms with E-state index in [1.807, 2.05) is 20.9 Å². The molecule has 2 aromatic rings. The van der Waals surface area contributed by atoms with Gasteiger partial charge in [0.05, 0.1) is 12.2 Å². The molecular formula is C16H20N4O3. The van der Waals surface area contributed by atoms with E-state index < -0.39 is 5.91 Å². The Morgan fingerprint density at radius 2 is 2.00 bits per heavy atom. The number of carbonyl (C=O) groups excluding carboxylic acids is 2. The minimum absolute atomic E-state index is 0.112. The van der Waals surface area contributed by atoms with Crippen LogP contribution in [-0.4, -0.2) is 28.2 Å². The largest absolute Gasteiger partial charge is 0.484 e. The molecule has 1 heterocycles. The first-order valence-corrected chi connectivity index (χ1v) is 7.19. The molecule has 1 unspecified atom stereocenters. The van der Waals surface area contributed by atoms with Gasteiger partial charge in [-0.05, 0) is 38.1 Å². The summed E-state index contributed by atoms with van der Waals surface area (Å²) in [6.07, 6.45) is 1.74. The van der Waals surface area contributed by atoms with Gasteiger partial charge in [0.25, 0.3) is 5.91 Å². The van der Waals surface area contributed by atoms with Gasteiger partial charge in [0.1, 0.15) is 5.75 Å². The number of aromatic nitrogens is 2. The van der Waals surface area contributed by atoms with E-state index in [9.17, 15) is 9.59 Å². The normalized spacial score (nSPS) is 11.8. The first kappa shape index (κ1) is 16.5. The summed E-state index contributed by atoms with van der Waals surface area (Å²) in [6.45, 7) is 3.73. The van der Waals surface area contributed by atoms with E-state index in [0.29, 0.717) is 11.3 Å². The summed E-state index contributed by atoms with van der Waals surface area (Å²) in [5.41, 5.74) is 7.52. The second-order valence-electron chi connectivity index (χ2n) is 5.28. The highest BCUT2D eigenvalue weighted by Crippen LogP contribution is 2.16. The van der Waals surface area contributed by atoms with Crippen molar-refractivity contribution < 1.29 is 14.3 Å². The number of primary amides is 1.